The van der Waals surface area contributed by atoms with E-state index in [1.54, 1.807) is 6.07 Å². The van der Waals surface area contributed by atoms with Crippen LogP contribution in [0.3, 0.4) is 0 Å². The summed E-state index contributed by atoms with van der Waals surface area (Å²) < 4.78 is 37.3. The van der Waals surface area contributed by atoms with Crippen molar-refractivity contribution in [1.82, 2.24) is 4.90 Å². The lowest BCUT2D eigenvalue weighted by Gasteiger charge is -2.23. The number of hydrogen-bond acceptors (Lipinski definition) is 2. The van der Waals surface area contributed by atoms with E-state index in [1.165, 1.54) is 19.1 Å². The monoisotopic (exact) mass is 324 g/mol. The SMILES string of the molecule is CCN(CC(F)(F)F)C(=O)c1cccc(N)c1Br. The molecule has 18 heavy (non-hydrogen) atoms. The normalized spacial score (nSPS) is 11.4. The van der Waals surface area contributed by atoms with Gasteiger partial charge in [0.25, 0.3) is 5.91 Å². The van der Waals surface area contributed by atoms with Gasteiger partial charge in [0.15, 0.2) is 0 Å². The summed E-state index contributed by atoms with van der Waals surface area (Å²) in [6.07, 6.45) is -4.42. The highest BCUT2D eigenvalue weighted by Gasteiger charge is 2.33. The summed E-state index contributed by atoms with van der Waals surface area (Å²) in [6, 6.07) is 4.51. The fourth-order valence-electron chi connectivity index (χ4n) is 1.43. The Hall–Kier alpha value is -1.24. The van der Waals surface area contributed by atoms with Gasteiger partial charge in [-0.1, -0.05) is 6.07 Å². The second-order valence-corrected chi connectivity index (χ2v) is 4.44. The summed E-state index contributed by atoms with van der Waals surface area (Å²) in [5, 5.41) is 0. The summed E-state index contributed by atoms with van der Waals surface area (Å²) in [6.45, 7) is 0.187. The highest BCUT2D eigenvalue weighted by molar-refractivity contribution is 9.10. The van der Waals surface area contributed by atoms with Crippen LogP contribution in [0.15, 0.2) is 22.7 Å². The Labute approximate surface area is 111 Å². The predicted octanol–water partition coefficient (Wildman–Crippen LogP) is 3.06. The van der Waals surface area contributed by atoms with Gasteiger partial charge in [0, 0.05) is 12.2 Å². The van der Waals surface area contributed by atoms with Crippen LogP contribution in [0.1, 0.15) is 17.3 Å². The van der Waals surface area contributed by atoms with Crippen LogP contribution < -0.4 is 5.73 Å². The van der Waals surface area contributed by atoms with Crippen molar-refractivity contribution < 1.29 is 18.0 Å². The Morgan fingerprint density at radius 1 is 1.44 bits per heavy atom. The Morgan fingerprint density at radius 2 is 2.06 bits per heavy atom. The number of carbonyl (C=O) groups excluding carboxylic acids is 1. The van der Waals surface area contributed by atoms with E-state index in [4.69, 9.17) is 5.73 Å². The number of benzene rings is 1. The molecule has 3 nitrogen and oxygen atoms in total. The average Bonchev–Trinajstić information content (AvgIpc) is 2.27. The largest absolute Gasteiger partial charge is 0.406 e. The molecular formula is C11H12BrF3N2O. The molecule has 0 aliphatic carbocycles. The Morgan fingerprint density at radius 3 is 2.56 bits per heavy atom. The van der Waals surface area contributed by atoms with Gasteiger partial charge >= 0.3 is 6.18 Å². The summed E-state index contributed by atoms with van der Waals surface area (Å²) in [5.74, 6) is -0.700. The number of nitrogen functional groups attached to an aromatic ring is 1. The van der Waals surface area contributed by atoms with E-state index in [0.717, 1.165) is 4.90 Å². The van der Waals surface area contributed by atoms with Crippen LogP contribution in [-0.2, 0) is 0 Å². The predicted molar refractivity (Wildman–Crippen MR) is 66.2 cm³/mol. The summed E-state index contributed by atoms with van der Waals surface area (Å²) in [5.41, 5.74) is 6.02. The van der Waals surface area contributed by atoms with E-state index in [0.29, 0.717) is 10.2 Å². The number of carbonyl (C=O) groups is 1. The highest BCUT2D eigenvalue weighted by atomic mass is 79.9. The molecule has 0 atom stereocenters. The molecule has 0 spiro atoms. The van der Waals surface area contributed by atoms with Gasteiger partial charge in [-0.15, -0.1) is 0 Å². The molecule has 0 fully saturated rings. The highest BCUT2D eigenvalue weighted by Crippen LogP contribution is 2.26. The summed E-state index contributed by atoms with van der Waals surface area (Å²) in [4.78, 5) is 12.7. The third-order valence-electron chi connectivity index (χ3n) is 2.30. The molecule has 0 aliphatic rings. The minimum absolute atomic E-state index is 0.0282. The Balaban J connectivity index is 3.01. The molecule has 0 unspecified atom stereocenters. The fraction of sp³-hybridized carbons (Fsp3) is 0.364. The maximum absolute atomic E-state index is 12.3. The number of halogens is 4. The molecule has 0 saturated carbocycles. The van der Waals surface area contributed by atoms with Crippen LogP contribution in [-0.4, -0.2) is 30.1 Å². The van der Waals surface area contributed by atoms with Gasteiger partial charge in [-0.2, -0.15) is 13.2 Å². The lowest BCUT2D eigenvalue weighted by atomic mass is 10.1. The minimum Gasteiger partial charge on any atom is -0.398 e. The number of nitrogens with two attached hydrogens (primary N) is 1. The molecule has 0 radical (unpaired) electrons. The van der Waals surface area contributed by atoms with Crippen molar-refractivity contribution in [3.63, 3.8) is 0 Å². The molecule has 1 amide bonds. The average molecular weight is 325 g/mol. The van der Waals surface area contributed by atoms with Gasteiger partial charge in [-0.05, 0) is 35.0 Å². The second kappa shape index (κ2) is 5.60. The van der Waals surface area contributed by atoms with E-state index in [9.17, 15) is 18.0 Å². The number of alkyl halides is 3. The van der Waals surface area contributed by atoms with E-state index in [2.05, 4.69) is 15.9 Å². The number of anilines is 1. The smallest absolute Gasteiger partial charge is 0.398 e. The first-order chi connectivity index (χ1) is 8.26. The lowest BCUT2D eigenvalue weighted by Crippen LogP contribution is -2.39. The maximum atomic E-state index is 12.3. The van der Waals surface area contributed by atoms with E-state index in [-0.39, 0.29) is 12.1 Å². The number of rotatable bonds is 3. The van der Waals surface area contributed by atoms with Crippen LogP contribution in [0, 0.1) is 0 Å². The van der Waals surface area contributed by atoms with Gasteiger partial charge in [0.1, 0.15) is 6.54 Å². The molecule has 0 bridgehead atoms. The zero-order chi connectivity index (χ0) is 13.9. The van der Waals surface area contributed by atoms with Crippen LogP contribution >= 0.6 is 15.9 Å². The molecule has 1 aromatic rings. The maximum Gasteiger partial charge on any atom is 0.406 e. The molecule has 7 heteroatoms. The van der Waals surface area contributed by atoms with E-state index in [1.807, 2.05) is 0 Å². The molecule has 0 aliphatic heterocycles. The standard InChI is InChI=1S/C11H12BrF3N2O/c1-2-17(6-11(13,14)15)10(18)7-4-3-5-8(16)9(7)12/h3-5H,2,6,16H2,1H3. The minimum atomic E-state index is -4.42. The molecule has 100 valence electrons. The molecule has 0 heterocycles. The zero-order valence-corrected chi connectivity index (χ0v) is 11.2. The molecule has 1 rings (SSSR count). The van der Waals surface area contributed by atoms with Gasteiger partial charge < -0.3 is 10.6 Å². The number of hydrogen-bond donors (Lipinski definition) is 1. The molecule has 0 saturated heterocycles. The molecule has 2 N–H and O–H groups in total. The fourth-order valence-corrected chi connectivity index (χ4v) is 1.86. The Kier molecular flexibility index (Phi) is 4.61. The lowest BCUT2D eigenvalue weighted by molar-refractivity contribution is -0.140. The van der Waals surface area contributed by atoms with Crippen LogP contribution in [0.5, 0.6) is 0 Å². The molecule has 0 aromatic heterocycles. The van der Waals surface area contributed by atoms with Crippen LogP contribution in [0.25, 0.3) is 0 Å². The van der Waals surface area contributed by atoms with Gasteiger partial charge in [-0.3, -0.25) is 4.79 Å². The first-order valence-electron chi connectivity index (χ1n) is 5.16. The topological polar surface area (TPSA) is 46.3 Å². The van der Waals surface area contributed by atoms with Crippen molar-refractivity contribution >= 4 is 27.5 Å². The Bertz CT molecular complexity index is 448. The van der Waals surface area contributed by atoms with E-state index < -0.39 is 18.6 Å². The van der Waals surface area contributed by atoms with Gasteiger partial charge in [0.2, 0.25) is 0 Å². The summed E-state index contributed by atoms with van der Waals surface area (Å²) >= 11 is 3.10. The zero-order valence-electron chi connectivity index (χ0n) is 9.59. The number of amides is 1. The molecule has 1 aromatic carbocycles. The van der Waals surface area contributed by atoms with E-state index >= 15 is 0 Å². The van der Waals surface area contributed by atoms with Gasteiger partial charge in [-0.25, -0.2) is 0 Å². The third kappa shape index (κ3) is 3.63. The first-order valence-corrected chi connectivity index (χ1v) is 5.95. The van der Waals surface area contributed by atoms with Crippen molar-refractivity contribution in [3.05, 3.63) is 28.2 Å². The number of nitrogens with zero attached hydrogens (tertiary/aromatic N) is 1. The van der Waals surface area contributed by atoms with Crippen molar-refractivity contribution in [2.24, 2.45) is 0 Å². The van der Waals surface area contributed by atoms with Crippen molar-refractivity contribution in [2.75, 3.05) is 18.8 Å². The van der Waals surface area contributed by atoms with Crippen molar-refractivity contribution in [1.29, 1.82) is 0 Å². The second-order valence-electron chi connectivity index (χ2n) is 3.64. The van der Waals surface area contributed by atoms with Crippen molar-refractivity contribution in [2.45, 2.75) is 13.1 Å². The first kappa shape index (κ1) is 14.8. The van der Waals surface area contributed by atoms with Crippen molar-refractivity contribution in [3.8, 4) is 0 Å². The molecular weight excluding hydrogens is 313 g/mol. The van der Waals surface area contributed by atoms with Gasteiger partial charge in [0.05, 0.1) is 10.0 Å². The summed E-state index contributed by atoms with van der Waals surface area (Å²) in [7, 11) is 0. The third-order valence-corrected chi connectivity index (χ3v) is 3.18. The quantitative estimate of drug-likeness (QED) is 0.868. The van der Waals surface area contributed by atoms with Crippen LogP contribution in [0.4, 0.5) is 18.9 Å². The van der Waals surface area contributed by atoms with Crippen LogP contribution in [0.2, 0.25) is 0 Å².